The molecule has 0 unspecified atom stereocenters. The minimum Gasteiger partial charge on any atom is -0.497 e. The largest absolute Gasteiger partial charge is 0.497 e. The Hall–Kier alpha value is -1.81. The van der Waals surface area contributed by atoms with Gasteiger partial charge in [-0.25, -0.2) is 4.79 Å². The summed E-state index contributed by atoms with van der Waals surface area (Å²) in [5.41, 5.74) is 1.71. The second-order valence-corrected chi connectivity index (χ2v) is 3.67. The van der Waals surface area contributed by atoms with Gasteiger partial charge in [-0.05, 0) is 30.2 Å². The minimum atomic E-state index is -0.949. The number of benzene rings is 1. The first-order valence-electron chi connectivity index (χ1n) is 5.22. The third-order valence-corrected chi connectivity index (χ3v) is 2.13. The summed E-state index contributed by atoms with van der Waals surface area (Å²) in [6, 6.07) is 7.54. The van der Waals surface area contributed by atoms with Crippen LogP contribution >= 0.6 is 0 Å². The molecule has 1 aromatic rings. The molecule has 0 amide bonds. The van der Waals surface area contributed by atoms with Crippen molar-refractivity contribution in [3.05, 3.63) is 41.5 Å². The summed E-state index contributed by atoms with van der Waals surface area (Å²) < 4.78 is 10.4. The van der Waals surface area contributed by atoms with Crippen LogP contribution in [0.1, 0.15) is 12.5 Å². The zero-order valence-corrected chi connectivity index (χ0v) is 9.97. The van der Waals surface area contributed by atoms with Gasteiger partial charge in [0.05, 0.1) is 20.3 Å². The number of methoxy groups -OCH3 is 1. The van der Waals surface area contributed by atoms with Gasteiger partial charge in [-0.15, -0.1) is 0 Å². The first kappa shape index (κ1) is 13.3. The van der Waals surface area contributed by atoms with E-state index in [2.05, 4.69) is 0 Å². The topological polar surface area (TPSA) is 55.8 Å². The van der Waals surface area contributed by atoms with E-state index in [4.69, 9.17) is 14.6 Å². The minimum absolute atomic E-state index is 0.318. The quantitative estimate of drug-likeness (QED) is 0.769. The van der Waals surface area contributed by atoms with Crippen molar-refractivity contribution < 1.29 is 19.4 Å². The molecule has 0 spiro atoms. The summed E-state index contributed by atoms with van der Waals surface area (Å²) in [5, 5.41) is 8.51. The molecule has 0 heterocycles. The van der Waals surface area contributed by atoms with Crippen LogP contribution in [0.2, 0.25) is 0 Å². The van der Waals surface area contributed by atoms with Crippen LogP contribution in [-0.2, 0) is 16.1 Å². The Morgan fingerprint density at radius 2 is 2.00 bits per heavy atom. The molecule has 0 saturated heterocycles. The zero-order valence-electron chi connectivity index (χ0n) is 9.97. The van der Waals surface area contributed by atoms with E-state index >= 15 is 0 Å². The standard InChI is InChI=1S/C13H16O4/c1-10(7-13(14)15)8-17-9-11-3-5-12(16-2)6-4-11/h3-7H,8-9H2,1-2H3,(H,14,15). The molecule has 0 saturated carbocycles. The van der Waals surface area contributed by atoms with Crippen LogP contribution in [0.15, 0.2) is 35.9 Å². The summed E-state index contributed by atoms with van der Waals surface area (Å²) in [5.74, 6) is -0.147. The highest BCUT2D eigenvalue weighted by Crippen LogP contribution is 2.12. The van der Waals surface area contributed by atoms with E-state index in [0.29, 0.717) is 18.8 Å². The van der Waals surface area contributed by atoms with Gasteiger partial charge in [-0.2, -0.15) is 0 Å². The lowest BCUT2D eigenvalue weighted by molar-refractivity contribution is -0.131. The molecule has 0 aromatic heterocycles. The third kappa shape index (κ3) is 5.17. The molecule has 0 fully saturated rings. The lowest BCUT2D eigenvalue weighted by Gasteiger charge is -2.05. The number of carboxylic acids is 1. The van der Waals surface area contributed by atoms with Crippen LogP contribution in [0, 0.1) is 0 Å². The van der Waals surface area contributed by atoms with Crippen molar-refractivity contribution in [2.75, 3.05) is 13.7 Å². The SMILES string of the molecule is COc1ccc(COCC(C)=CC(=O)O)cc1. The first-order chi connectivity index (χ1) is 8.11. The van der Waals surface area contributed by atoms with E-state index in [1.165, 1.54) is 0 Å². The number of aliphatic carboxylic acids is 1. The average Bonchev–Trinajstić information content (AvgIpc) is 2.29. The van der Waals surface area contributed by atoms with E-state index in [0.717, 1.165) is 17.4 Å². The molecular formula is C13H16O4. The average molecular weight is 236 g/mol. The van der Waals surface area contributed by atoms with Gasteiger partial charge in [0.15, 0.2) is 0 Å². The number of carboxylic acid groups (broad SMARTS) is 1. The van der Waals surface area contributed by atoms with Crippen molar-refractivity contribution >= 4 is 5.97 Å². The highest BCUT2D eigenvalue weighted by Gasteiger charge is 1.97. The molecule has 0 bridgehead atoms. The fraction of sp³-hybridized carbons (Fsp3) is 0.308. The number of hydrogen-bond donors (Lipinski definition) is 1. The van der Waals surface area contributed by atoms with Crippen LogP contribution in [0.25, 0.3) is 0 Å². The van der Waals surface area contributed by atoms with Crippen molar-refractivity contribution in [1.82, 2.24) is 0 Å². The van der Waals surface area contributed by atoms with Gasteiger partial charge in [0.25, 0.3) is 0 Å². The molecule has 0 atom stereocenters. The molecule has 0 radical (unpaired) electrons. The molecule has 0 aliphatic carbocycles. The molecule has 1 aromatic carbocycles. The summed E-state index contributed by atoms with van der Waals surface area (Å²) in [7, 11) is 1.62. The predicted octanol–water partition coefficient (Wildman–Crippen LogP) is 2.24. The lowest BCUT2D eigenvalue weighted by Crippen LogP contribution is -1.99. The van der Waals surface area contributed by atoms with Crippen LogP contribution in [0.5, 0.6) is 5.75 Å². The van der Waals surface area contributed by atoms with E-state index in [1.807, 2.05) is 24.3 Å². The lowest BCUT2D eigenvalue weighted by atomic mass is 10.2. The van der Waals surface area contributed by atoms with Gasteiger partial charge in [-0.3, -0.25) is 0 Å². The summed E-state index contributed by atoms with van der Waals surface area (Å²) >= 11 is 0. The Labute approximate surface area is 100 Å². The van der Waals surface area contributed by atoms with Crippen molar-refractivity contribution in [1.29, 1.82) is 0 Å². The van der Waals surface area contributed by atoms with Crippen LogP contribution < -0.4 is 4.74 Å². The summed E-state index contributed by atoms with van der Waals surface area (Å²) in [6.45, 7) is 2.50. The second-order valence-electron chi connectivity index (χ2n) is 3.67. The van der Waals surface area contributed by atoms with Crippen molar-refractivity contribution in [2.45, 2.75) is 13.5 Å². The molecule has 4 nitrogen and oxygen atoms in total. The maximum Gasteiger partial charge on any atom is 0.328 e. The van der Waals surface area contributed by atoms with E-state index < -0.39 is 5.97 Å². The first-order valence-corrected chi connectivity index (χ1v) is 5.22. The third-order valence-electron chi connectivity index (χ3n) is 2.13. The van der Waals surface area contributed by atoms with Crippen LogP contribution in [-0.4, -0.2) is 24.8 Å². The maximum atomic E-state index is 10.4. The number of carbonyl (C=O) groups is 1. The Morgan fingerprint density at radius 3 is 2.53 bits per heavy atom. The molecule has 1 N–H and O–H groups in total. The molecule has 17 heavy (non-hydrogen) atoms. The maximum absolute atomic E-state index is 10.4. The Bertz CT molecular complexity index is 392. The monoisotopic (exact) mass is 236 g/mol. The van der Waals surface area contributed by atoms with Crippen LogP contribution in [0.4, 0.5) is 0 Å². The van der Waals surface area contributed by atoms with E-state index in [9.17, 15) is 4.79 Å². The highest BCUT2D eigenvalue weighted by molar-refractivity contribution is 5.80. The van der Waals surface area contributed by atoms with E-state index in [1.54, 1.807) is 14.0 Å². The fourth-order valence-corrected chi connectivity index (χ4v) is 1.30. The number of hydrogen-bond acceptors (Lipinski definition) is 3. The predicted molar refractivity (Wildman–Crippen MR) is 64.0 cm³/mol. The number of rotatable bonds is 6. The Kier molecular flexibility index (Phi) is 5.23. The van der Waals surface area contributed by atoms with Gasteiger partial charge < -0.3 is 14.6 Å². The smallest absolute Gasteiger partial charge is 0.328 e. The number of ether oxygens (including phenoxy) is 2. The van der Waals surface area contributed by atoms with Gasteiger partial charge in [-0.1, -0.05) is 12.1 Å². The van der Waals surface area contributed by atoms with Gasteiger partial charge in [0.2, 0.25) is 0 Å². The van der Waals surface area contributed by atoms with Crippen molar-refractivity contribution in [3.63, 3.8) is 0 Å². The Morgan fingerprint density at radius 1 is 1.35 bits per heavy atom. The van der Waals surface area contributed by atoms with Crippen LogP contribution in [0.3, 0.4) is 0 Å². The van der Waals surface area contributed by atoms with E-state index in [-0.39, 0.29) is 0 Å². The molecular weight excluding hydrogens is 220 g/mol. The zero-order chi connectivity index (χ0) is 12.7. The summed E-state index contributed by atoms with van der Waals surface area (Å²) in [6.07, 6.45) is 1.15. The van der Waals surface area contributed by atoms with Gasteiger partial charge in [0, 0.05) is 6.08 Å². The molecule has 4 heteroatoms. The summed E-state index contributed by atoms with van der Waals surface area (Å²) in [4.78, 5) is 10.4. The highest BCUT2D eigenvalue weighted by atomic mass is 16.5. The normalized spacial score (nSPS) is 11.3. The van der Waals surface area contributed by atoms with Crippen molar-refractivity contribution in [3.8, 4) is 5.75 Å². The second kappa shape index (κ2) is 6.70. The van der Waals surface area contributed by atoms with Crippen molar-refractivity contribution in [2.24, 2.45) is 0 Å². The molecule has 1 rings (SSSR count). The molecule has 92 valence electrons. The van der Waals surface area contributed by atoms with Gasteiger partial charge >= 0.3 is 5.97 Å². The Balaban J connectivity index is 2.38. The fourth-order valence-electron chi connectivity index (χ4n) is 1.30. The van der Waals surface area contributed by atoms with Gasteiger partial charge in [0.1, 0.15) is 5.75 Å². The molecule has 0 aliphatic heterocycles. The molecule has 0 aliphatic rings.